The Labute approximate surface area is 102 Å². The topological polar surface area (TPSA) is 29.0 Å². The van der Waals surface area contributed by atoms with Crippen LogP contribution in [0.5, 0.6) is 0 Å². The van der Waals surface area contributed by atoms with E-state index in [0.29, 0.717) is 0 Å². The van der Waals surface area contributed by atoms with E-state index in [1.54, 1.807) is 11.8 Å². The molecule has 0 radical (unpaired) electrons. The van der Waals surface area contributed by atoms with Gasteiger partial charge in [-0.1, -0.05) is 18.2 Å². The Bertz CT molecular complexity index is 304. The lowest BCUT2D eigenvalue weighted by atomic mass is 10.0. The van der Waals surface area contributed by atoms with E-state index < -0.39 is 0 Å². The molecular formula is C12H19N3S. The van der Waals surface area contributed by atoms with Crippen molar-refractivity contribution in [2.75, 3.05) is 19.3 Å². The Morgan fingerprint density at radius 3 is 2.94 bits per heavy atom. The van der Waals surface area contributed by atoms with Crippen LogP contribution in [0.15, 0.2) is 23.6 Å². The van der Waals surface area contributed by atoms with Gasteiger partial charge in [0.25, 0.3) is 0 Å². The van der Waals surface area contributed by atoms with E-state index in [0.717, 1.165) is 17.0 Å². The normalized spacial score (nSPS) is 22.2. The fraction of sp³-hybridized carbons (Fsp3) is 0.667. The molecule has 3 nitrogen and oxygen atoms in total. The Hall–Kier alpha value is -0.610. The van der Waals surface area contributed by atoms with Crippen molar-refractivity contribution in [2.24, 2.45) is 0 Å². The van der Waals surface area contributed by atoms with Gasteiger partial charge < -0.3 is 4.90 Å². The van der Waals surface area contributed by atoms with Gasteiger partial charge >= 0.3 is 0 Å². The molecule has 0 bridgehead atoms. The van der Waals surface area contributed by atoms with Gasteiger partial charge in [-0.05, 0) is 38.9 Å². The minimum Gasteiger partial charge on any atom is -0.303 e. The van der Waals surface area contributed by atoms with Crippen molar-refractivity contribution in [3.63, 3.8) is 0 Å². The summed E-state index contributed by atoms with van der Waals surface area (Å²) in [5.41, 5.74) is 0. The Kier molecular flexibility index (Phi) is 4.60. The first-order valence-electron chi connectivity index (χ1n) is 5.96. The van der Waals surface area contributed by atoms with Gasteiger partial charge in [0.2, 0.25) is 0 Å². The molecule has 1 aliphatic heterocycles. The Balaban J connectivity index is 1.71. The smallest absolute Gasteiger partial charge is 0.187 e. The number of hydrogen-bond donors (Lipinski definition) is 0. The van der Waals surface area contributed by atoms with Gasteiger partial charge in [-0.15, -0.1) is 0 Å². The predicted molar refractivity (Wildman–Crippen MR) is 67.6 cm³/mol. The predicted octanol–water partition coefficient (Wildman–Crippen LogP) is 2.44. The Morgan fingerprint density at radius 1 is 1.38 bits per heavy atom. The van der Waals surface area contributed by atoms with Crippen LogP contribution in [-0.2, 0) is 0 Å². The maximum atomic E-state index is 4.22. The minimum atomic E-state index is 0.768. The van der Waals surface area contributed by atoms with Gasteiger partial charge in [-0.2, -0.15) is 0 Å². The van der Waals surface area contributed by atoms with Crippen LogP contribution >= 0.6 is 11.8 Å². The van der Waals surface area contributed by atoms with Crippen LogP contribution in [0.4, 0.5) is 0 Å². The molecule has 0 N–H and O–H groups in total. The molecule has 1 atom stereocenters. The summed E-state index contributed by atoms with van der Waals surface area (Å²) in [5.74, 6) is 1.12. The highest BCUT2D eigenvalue weighted by molar-refractivity contribution is 7.99. The largest absolute Gasteiger partial charge is 0.303 e. The minimum absolute atomic E-state index is 0.768. The fourth-order valence-electron chi connectivity index (χ4n) is 2.16. The second-order valence-electron chi connectivity index (χ2n) is 4.30. The van der Waals surface area contributed by atoms with Crippen molar-refractivity contribution in [1.29, 1.82) is 0 Å². The number of hydrogen-bond acceptors (Lipinski definition) is 4. The van der Waals surface area contributed by atoms with E-state index in [2.05, 4.69) is 21.9 Å². The molecular weight excluding hydrogens is 218 g/mol. The summed E-state index contributed by atoms with van der Waals surface area (Å²) in [5, 5.41) is 0.904. The number of rotatable bonds is 4. The number of likely N-dealkylation sites (tertiary alicyclic amines) is 1. The van der Waals surface area contributed by atoms with Gasteiger partial charge in [-0.3, -0.25) is 0 Å². The maximum Gasteiger partial charge on any atom is 0.187 e. The molecule has 0 aromatic carbocycles. The average Bonchev–Trinajstić information content (AvgIpc) is 2.33. The quantitative estimate of drug-likeness (QED) is 0.594. The molecule has 1 aromatic heterocycles. The molecule has 1 fully saturated rings. The highest BCUT2D eigenvalue weighted by Gasteiger charge is 2.18. The van der Waals surface area contributed by atoms with Crippen LogP contribution in [0.2, 0.25) is 0 Å². The lowest BCUT2D eigenvalue weighted by Gasteiger charge is -2.32. The number of nitrogens with zero attached hydrogens (tertiary/aromatic N) is 3. The van der Waals surface area contributed by atoms with E-state index in [1.165, 1.54) is 32.2 Å². The molecule has 0 aliphatic carbocycles. The van der Waals surface area contributed by atoms with Crippen LogP contribution in [0, 0.1) is 0 Å². The monoisotopic (exact) mass is 237 g/mol. The van der Waals surface area contributed by atoms with Gasteiger partial charge in [-0.25, -0.2) is 9.97 Å². The standard InChI is InChI=1S/C12H19N3S/c1-15-9-3-2-5-11(15)6-10-16-12-13-7-4-8-14-12/h4,7-8,11H,2-3,5-6,9-10H2,1H3. The van der Waals surface area contributed by atoms with Crippen molar-refractivity contribution in [2.45, 2.75) is 36.9 Å². The van der Waals surface area contributed by atoms with Crippen LogP contribution < -0.4 is 0 Å². The molecule has 1 aromatic rings. The third kappa shape index (κ3) is 3.46. The van der Waals surface area contributed by atoms with Crippen LogP contribution in [-0.4, -0.2) is 40.3 Å². The van der Waals surface area contributed by atoms with E-state index in [1.807, 2.05) is 18.5 Å². The summed E-state index contributed by atoms with van der Waals surface area (Å²) in [6.07, 6.45) is 8.97. The van der Waals surface area contributed by atoms with Gasteiger partial charge in [0.05, 0.1) is 0 Å². The molecule has 0 saturated carbocycles. The summed E-state index contributed by atoms with van der Waals surface area (Å²) in [7, 11) is 2.24. The van der Waals surface area contributed by atoms with Crippen molar-refractivity contribution in [3.05, 3.63) is 18.5 Å². The zero-order valence-corrected chi connectivity index (χ0v) is 10.6. The zero-order valence-electron chi connectivity index (χ0n) is 9.80. The van der Waals surface area contributed by atoms with Gasteiger partial charge in [0.1, 0.15) is 0 Å². The lowest BCUT2D eigenvalue weighted by Crippen LogP contribution is -2.36. The first-order chi connectivity index (χ1) is 7.86. The number of aromatic nitrogens is 2. The molecule has 1 unspecified atom stereocenters. The van der Waals surface area contributed by atoms with Crippen LogP contribution in [0.3, 0.4) is 0 Å². The Morgan fingerprint density at radius 2 is 2.19 bits per heavy atom. The van der Waals surface area contributed by atoms with Gasteiger partial charge in [0, 0.05) is 24.2 Å². The van der Waals surface area contributed by atoms with Crippen molar-refractivity contribution >= 4 is 11.8 Å². The zero-order chi connectivity index (χ0) is 11.2. The highest BCUT2D eigenvalue weighted by atomic mass is 32.2. The van der Waals surface area contributed by atoms with E-state index in [9.17, 15) is 0 Å². The third-order valence-corrected chi connectivity index (χ3v) is 4.05. The summed E-state index contributed by atoms with van der Waals surface area (Å²) in [6.45, 7) is 1.26. The first-order valence-corrected chi connectivity index (χ1v) is 6.95. The van der Waals surface area contributed by atoms with E-state index in [4.69, 9.17) is 0 Å². The maximum absolute atomic E-state index is 4.22. The van der Waals surface area contributed by atoms with Crippen molar-refractivity contribution in [3.8, 4) is 0 Å². The molecule has 0 amide bonds. The summed E-state index contributed by atoms with van der Waals surface area (Å²) in [4.78, 5) is 10.9. The van der Waals surface area contributed by atoms with Crippen LogP contribution in [0.25, 0.3) is 0 Å². The molecule has 88 valence electrons. The third-order valence-electron chi connectivity index (χ3n) is 3.15. The summed E-state index contributed by atoms with van der Waals surface area (Å²) < 4.78 is 0. The SMILES string of the molecule is CN1CCCCC1CCSc1ncccn1. The summed E-state index contributed by atoms with van der Waals surface area (Å²) >= 11 is 1.77. The lowest BCUT2D eigenvalue weighted by molar-refractivity contribution is 0.182. The van der Waals surface area contributed by atoms with Crippen molar-refractivity contribution in [1.82, 2.24) is 14.9 Å². The molecule has 1 aliphatic rings. The first kappa shape index (κ1) is 11.9. The second-order valence-corrected chi connectivity index (χ2v) is 5.36. The van der Waals surface area contributed by atoms with Crippen LogP contribution in [0.1, 0.15) is 25.7 Å². The molecule has 1 saturated heterocycles. The summed E-state index contributed by atoms with van der Waals surface area (Å²) in [6, 6.07) is 2.63. The van der Waals surface area contributed by atoms with Gasteiger partial charge in [0.15, 0.2) is 5.16 Å². The fourth-order valence-corrected chi connectivity index (χ4v) is 3.00. The number of piperidine rings is 1. The highest BCUT2D eigenvalue weighted by Crippen LogP contribution is 2.21. The number of thioether (sulfide) groups is 1. The molecule has 16 heavy (non-hydrogen) atoms. The molecule has 2 heterocycles. The average molecular weight is 237 g/mol. The second kappa shape index (κ2) is 6.21. The van der Waals surface area contributed by atoms with Crippen molar-refractivity contribution < 1.29 is 0 Å². The van der Waals surface area contributed by atoms with E-state index in [-0.39, 0.29) is 0 Å². The van der Waals surface area contributed by atoms with E-state index >= 15 is 0 Å². The molecule has 2 rings (SSSR count). The molecule has 4 heteroatoms. The molecule has 0 spiro atoms.